The molecule has 0 radical (unpaired) electrons. The van der Waals surface area contributed by atoms with Crippen molar-refractivity contribution in [2.24, 2.45) is 5.73 Å². The summed E-state index contributed by atoms with van der Waals surface area (Å²) in [6.07, 6.45) is -3.12. The van der Waals surface area contributed by atoms with E-state index in [0.29, 0.717) is 0 Å². The third-order valence-electron chi connectivity index (χ3n) is 2.33. The fourth-order valence-corrected chi connectivity index (χ4v) is 1.61. The van der Waals surface area contributed by atoms with Crippen LogP contribution in [0.1, 0.15) is 27.7 Å². The first kappa shape index (κ1) is 17.9. The molecule has 2 N–H and O–H groups in total. The number of carbonyl (C=O) groups excluding carboxylic acids is 2. The highest BCUT2D eigenvalue weighted by Gasteiger charge is 2.51. The van der Waals surface area contributed by atoms with Crippen LogP contribution in [-0.2, 0) is 33.0 Å². The van der Waals surface area contributed by atoms with Crippen LogP contribution in [0.15, 0.2) is 0 Å². The summed E-state index contributed by atoms with van der Waals surface area (Å²) < 4.78 is 25.8. The van der Waals surface area contributed by atoms with Crippen molar-refractivity contribution >= 4 is 19.3 Å². The molecule has 0 aromatic carbocycles. The molecule has 1 saturated heterocycles. The standard InChI is InChI=1S/C12H22BNO7/c1-7(2)18-11(15)9-10(12(16)19-8(3)4)21-13(20-9)17-6-5-14/h7-10H,5-6,14H2,1-4H3/t9-,10-/m1/s1. The minimum atomic E-state index is -1.22. The largest absolute Gasteiger partial charge is 0.641 e. The second kappa shape index (κ2) is 8.33. The van der Waals surface area contributed by atoms with Crippen LogP contribution in [0.4, 0.5) is 0 Å². The van der Waals surface area contributed by atoms with Gasteiger partial charge in [0.15, 0.2) is 12.2 Å². The van der Waals surface area contributed by atoms with Crippen LogP contribution in [0.25, 0.3) is 0 Å². The average molecular weight is 303 g/mol. The van der Waals surface area contributed by atoms with Crippen LogP contribution in [0.5, 0.6) is 0 Å². The minimum absolute atomic E-state index is 0.169. The van der Waals surface area contributed by atoms with Crippen molar-refractivity contribution in [3.63, 3.8) is 0 Å². The van der Waals surface area contributed by atoms with Gasteiger partial charge in [-0.2, -0.15) is 0 Å². The van der Waals surface area contributed by atoms with E-state index in [1.54, 1.807) is 27.7 Å². The second-order valence-electron chi connectivity index (χ2n) is 5.03. The Morgan fingerprint density at radius 1 is 1.05 bits per heavy atom. The quantitative estimate of drug-likeness (QED) is 0.502. The number of rotatable bonds is 7. The smallest absolute Gasteiger partial charge is 0.461 e. The van der Waals surface area contributed by atoms with Crippen molar-refractivity contribution in [2.75, 3.05) is 13.2 Å². The average Bonchev–Trinajstić information content (AvgIpc) is 2.79. The SMILES string of the molecule is CC(C)OC(=O)[C@@H]1OB(OCCN)O[C@H]1C(=O)OC(C)C. The van der Waals surface area contributed by atoms with E-state index in [-0.39, 0.29) is 25.4 Å². The van der Waals surface area contributed by atoms with Gasteiger partial charge in [-0.1, -0.05) is 0 Å². The lowest BCUT2D eigenvalue weighted by Gasteiger charge is -2.18. The third kappa shape index (κ3) is 5.62. The van der Waals surface area contributed by atoms with Crippen molar-refractivity contribution in [3.05, 3.63) is 0 Å². The monoisotopic (exact) mass is 303 g/mol. The van der Waals surface area contributed by atoms with E-state index in [4.69, 9.17) is 29.2 Å². The van der Waals surface area contributed by atoms with Gasteiger partial charge in [-0.25, -0.2) is 9.59 Å². The second-order valence-corrected chi connectivity index (χ2v) is 5.03. The van der Waals surface area contributed by atoms with Gasteiger partial charge in [0.05, 0.1) is 12.2 Å². The highest BCUT2D eigenvalue weighted by atomic mass is 16.8. The first-order chi connectivity index (χ1) is 9.85. The lowest BCUT2D eigenvalue weighted by Crippen LogP contribution is -2.40. The molecule has 0 spiro atoms. The number of hydrogen-bond donors (Lipinski definition) is 1. The molecule has 0 saturated carbocycles. The van der Waals surface area contributed by atoms with Crippen LogP contribution >= 0.6 is 0 Å². The van der Waals surface area contributed by atoms with E-state index in [9.17, 15) is 9.59 Å². The zero-order valence-electron chi connectivity index (χ0n) is 12.7. The van der Waals surface area contributed by atoms with Gasteiger partial charge >= 0.3 is 19.3 Å². The van der Waals surface area contributed by atoms with Gasteiger partial charge in [0, 0.05) is 13.2 Å². The maximum Gasteiger partial charge on any atom is 0.641 e. The highest BCUT2D eigenvalue weighted by molar-refractivity contribution is 6.38. The van der Waals surface area contributed by atoms with Crippen molar-refractivity contribution in [2.45, 2.75) is 52.1 Å². The molecule has 0 unspecified atom stereocenters. The third-order valence-corrected chi connectivity index (χ3v) is 2.33. The number of nitrogens with two attached hydrogens (primary N) is 1. The van der Waals surface area contributed by atoms with Crippen LogP contribution in [0.3, 0.4) is 0 Å². The summed E-state index contributed by atoms with van der Waals surface area (Å²) in [6, 6.07) is 0. The Morgan fingerprint density at radius 2 is 1.48 bits per heavy atom. The van der Waals surface area contributed by atoms with Gasteiger partial charge in [0.2, 0.25) is 0 Å². The minimum Gasteiger partial charge on any atom is -0.461 e. The van der Waals surface area contributed by atoms with Gasteiger partial charge in [-0.15, -0.1) is 0 Å². The molecule has 2 atom stereocenters. The van der Waals surface area contributed by atoms with Crippen LogP contribution in [-0.4, -0.2) is 56.8 Å². The molecule has 0 bridgehead atoms. The molecule has 1 heterocycles. The van der Waals surface area contributed by atoms with E-state index in [1.165, 1.54) is 0 Å². The van der Waals surface area contributed by atoms with E-state index in [0.717, 1.165) is 0 Å². The van der Waals surface area contributed by atoms with Gasteiger partial charge in [-0.05, 0) is 27.7 Å². The van der Waals surface area contributed by atoms with Crippen LogP contribution < -0.4 is 5.73 Å². The zero-order valence-corrected chi connectivity index (χ0v) is 12.7. The molecule has 8 nitrogen and oxygen atoms in total. The summed E-state index contributed by atoms with van der Waals surface area (Å²) in [5, 5.41) is 0. The van der Waals surface area contributed by atoms with Gasteiger partial charge in [-0.3, -0.25) is 0 Å². The van der Waals surface area contributed by atoms with Gasteiger partial charge in [0.1, 0.15) is 0 Å². The first-order valence-electron chi connectivity index (χ1n) is 6.88. The number of esters is 2. The summed E-state index contributed by atoms with van der Waals surface area (Å²) in [5.74, 6) is -1.40. The molecular formula is C12H22BNO7. The van der Waals surface area contributed by atoms with Crippen LogP contribution in [0, 0.1) is 0 Å². The topological polar surface area (TPSA) is 106 Å². The van der Waals surface area contributed by atoms with Crippen molar-refractivity contribution in [3.8, 4) is 0 Å². The molecule has 1 fully saturated rings. The molecule has 0 aliphatic carbocycles. The van der Waals surface area contributed by atoms with E-state index >= 15 is 0 Å². The highest BCUT2D eigenvalue weighted by Crippen LogP contribution is 2.21. The molecule has 0 aromatic heterocycles. The number of hydrogen-bond acceptors (Lipinski definition) is 8. The Kier molecular flexibility index (Phi) is 7.10. The molecular weight excluding hydrogens is 281 g/mol. The summed E-state index contributed by atoms with van der Waals surface area (Å²) in [6.45, 7) is 7.19. The number of carbonyl (C=O) groups is 2. The predicted molar refractivity (Wildman–Crippen MR) is 73.0 cm³/mol. The Labute approximate surface area is 124 Å². The molecule has 1 aliphatic rings. The summed E-state index contributed by atoms with van der Waals surface area (Å²) in [4.78, 5) is 23.9. The normalized spacial score (nSPS) is 22.0. The Balaban J connectivity index is 2.73. The molecule has 120 valence electrons. The Hall–Kier alpha value is -1.16. The Bertz CT molecular complexity index is 334. The predicted octanol–water partition coefficient (Wildman–Crippen LogP) is -0.366. The molecule has 1 aliphatic heterocycles. The maximum absolute atomic E-state index is 12.0. The van der Waals surface area contributed by atoms with Gasteiger partial charge in [0.25, 0.3) is 0 Å². The lowest BCUT2D eigenvalue weighted by atomic mass is 10.2. The molecule has 0 amide bonds. The van der Waals surface area contributed by atoms with Gasteiger partial charge < -0.3 is 29.2 Å². The van der Waals surface area contributed by atoms with Crippen molar-refractivity contribution in [1.29, 1.82) is 0 Å². The molecule has 21 heavy (non-hydrogen) atoms. The first-order valence-corrected chi connectivity index (χ1v) is 6.88. The summed E-state index contributed by atoms with van der Waals surface area (Å²) in [7, 11) is -1.15. The lowest BCUT2D eigenvalue weighted by molar-refractivity contribution is -0.167. The summed E-state index contributed by atoms with van der Waals surface area (Å²) >= 11 is 0. The Morgan fingerprint density at radius 3 is 1.81 bits per heavy atom. The number of ether oxygens (including phenoxy) is 2. The molecule has 1 rings (SSSR count). The molecule has 0 aromatic rings. The van der Waals surface area contributed by atoms with Crippen LogP contribution in [0.2, 0.25) is 0 Å². The van der Waals surface area contributed by atoms with E-state index in [1.807, 2.05) is 0 Å². The van der Waals surface area contributed by atoms with E-state index in [2.05, 4.69) is 0 Å². The van der Waals surface area contributed by atoms with E-state index < -0.39 is 31.5 Å². The molecule has 9 heteroatoms. The zero-order chi connectivity index (χ0) is 16.0. The van der Waals surface area contributed by atoms with Crippen molar-refractivity contribution < 1.29 is 33.0 Å². The van der Waals surface area contributed by atoms with Crippen molar-refractivity contribution in [1.82, 2.24) is 0 Å². The summed E-state index contributed by atoms with van der Waals surface area (Å²) in [5.41, 5.74) is 5.31. The maximum atomic E-state index is 12.0. The fraction of sp³-hybridized carbons (Fsp3) is 0.833. The fourth-order valence-electron chi connectivity index (χ4n) is 1.61.